The number of ether oxygens (including phenoxy) is 1. The van der Waals surface area contributed by atoms with E-state index in [1.807, 2.05) is 59.5 Å². The van der Waals surface area contributed by atoms with E-state index in [1.54, 1.807) is 0 Å². The highest BCUT2D eigenvalue weighted by molar-refractivity contribution is 9.10. The van der Waals surface area contributed by atoms with Crippen molar-refractivity contribution in [2.75, 3.05) is 19.7 Å². The van der Waals surface area contributed by atoms with Gasteiger partial charge in [-0.2, -0.15) is 0 Å². The van der Waals surface area contributed by atoms with Gasteiger partial charge in [0.15, 0.2) is 0 Å². The van der Waals surface area contributed by atoms with Crippen molar-refractivity contribution in [3.63, 3.8) is 0 Å². The third kappa shape index (κ3) is 5.35. The Kier molecular flexibility index (Phi) is 6.73. The molecule has 1 heterocycles. The smallest absolute Gasteiger partial charge is 0.227 e. The lowest BCUT2D eigenvalue weighted by Crippen LogP contribution is -2.50. The van der Waals surface area contributed by atoms with Crippen molar-refractivity contribution in [1.29, 1.82) is 0 Å². The number of carbonyl (C=O) groups excluding carboxylic acids is 2. The van der Waals surface area contributed by atoms with Gasteiger partial charge in [-0.25, -0.2) is 0 Å². The molecule has 148 valence electrons. The summed E-state index contributed by atoms with van der Waals surface area (Å²) in [5.74, 6) is 0.444. The van der Waals surface area contributed by atoms with Crippen LogP contribution in [0.25, 0.3) is 0 Å². The van der Waals surface area contributed by atoms with Gasteiger partial charge in [0.1, 0.15) is 5.75 Å². The molecule has 5 nitrogen and oxygen atoms in total. The number of benzene rings is 2. The normalized spacial score (nSPS) is 19.2. The lowest BCUT2D eigenvalue weighted by Gasteiger charge is -2.42. The third-order valence-electron chi connectivity index (χ3n) is 5.15. The van der Waals surface area contributed by atoms with E-state index in [4.69, 9.17) is 10.5 Å². The molecule has 1 saturated heterocycles. The molecule has 1 aliphatic rings. The van der Waals surface area contributed by atoms with E-state index in [2.05, 4.69) is 15.9 Å². The van der Waals surface area contributed by atoms with Crippen molar-refractivity contribution in [1.82, 2.24) is 4.90 Å². The molecule has 2 N–H and O–H groups in total. The molecule has 6 heteroatoms. The first kappa shape index (κ1) is 20.4. The summed E-state index contributed by atoms with van der Waals surface area (Å²) in [6.07, 6.45) is 2.17. The predicted molar refractivity (Wildman–Crippen MR) is 112 cm³/mol. The topological polar surface area (TPSA) is 72.6 Å². The zero-order chi connectivity index (χ0) is 20.0. The van der Waals surface area contributed by atoms with Crippen LogP contribution in [0.2, 0.25) is 0 Å². The number of nitrogens with zero attached hydrogens (tertiary/aromatic N) is 1. The van der Waals surface area contributed by atoms with Gasteiger partial charge in [0, 0.05) is 29.4 Å². The first-order valence-electron chi connectivity index (χ1n) is 9.45. The van der Waals surface area contributed by atoms with E-state index in [1.165, 1.54) is 0 Å². The summed E-state index contributed by atoms with van der Waals surface area (Å²) >= 11 is 3.50. The predicted octanol–water partition coefficient (Wildman–Crippen LogP) is 3.55. The summed E-state index contributed by atoms with van der Waals surface area (Å²) < 4.78 is 6.89. The van der Waals surface area contributed by atoms with Crippen LogP contribution < -0.4 is 10.5 Å². The molecule has 0 unspecified atom stereocenters. The summed E-state index contributed by atoms with van der Waals surface area (Å²) in [5, 5.41) is 0. The fraction of sp³-hybridized carbons (Fsp3) is 0.364. The number of nitrogens with two attached hydrogens (primary N) is 1. The second-order valence-electron chi connectivity index (χ2n) is 7.43. The van der Waals surface area contributed by atoms with Gasteiger partial charge >= 0.3 is 0 Å². The highest BCUT2D eigenvalue weighted by Crippen LogP contribution is 2.35. The minimum atomic E-state index is -0.455. The SMILES string of the molecule is NC(=O)C[C@]1(COc2ccccc2)CCCN(C(=O)Cc2ccccc2Br)C1. The molecule has 2 amide bonds. The van der Waals surface area contributed by atoms with Gasteiger partial charge in [-0.05, 0) is 36.6 Å². The average molecular weight is 445 g/mol. The Morgan fingerprint density at radius 3 is 2.54 bits per heavy atom. The van der Waals surface area contributed by atoms with E-state index in [0.29, 0.717) is 26.1 Å². The molecule has 1 aliphatic heterocycles. The quantitative estimate of drug-likeness (QED) is 0.709. The first-order chi connectivity index (χ1) is 13.5. The molecular weight excluding hydrogens is 420 g/mol. The van der Waals surface area contributed by atoms with Gasteiger partial charge in [-0.15, -0.1) is 0 Å². The van der Waals surface area contributed by atoms with Gasteiger partial charge in [-0.3, -0.25) is 9.59 Å². The summed E-state index contributed by atoms with van der Waals surface area (Å²) in [7, 11) is 0. The minimum absolute atomic E-state index is 0.0557. The van der Waals surface area contributed by atoms with Crippen molar-refractivity contribution in [2.45, 2.75) is 25.7 Å². The van der Waals surface area contributed by atoms with Gasteiger partial charge in [0.25, 0.3) is 0 Å². The van der Waals surface area contributed by atoms with Crippen LogP contribution in [0.15, 0.2) is 59.1 Å². The largest absolute Gasteiger partial charge is 0.493 e. The Balaban J connectivity index is 1.71. The molecule has 0 spiro atoms. The number of halogens is 1. The number of likely N-dealkylation sites (tertiary alicyclic amines) is 1. The Morgan fingerprint density at radius 2 is 1.82 bits per heavy atom. The molecule has 2 aromatic rings. The highest BCUT2D eigenvalue weighted by atomic mass is 79.9. The zero-order valence-corrected chi connectivity index (χ0v) is 17.4. The summed E-state index contributed by atoms with van der Waals surface area (Å²) in [6.45, 7) is 1.53. The molecular formula is C22H25BrN2O3. The van der Waals surface area contributed by atoms with Crippen molar-refractivity contribution in [3.8, 4) is 5.75 Å². The maximum absolute atomic E-state index is 12.9. The molecule has 1 atom stereocenters. The maximum atomic E-state index is 12.9. The molecule has 3 rings (SSSR count). The second-order valence-corrected chi connectivity index (χ2v) is 8.29. The fourth-order valence-electron chi connectivity index (χ4n) is 3.77. The number of piperidine rings is 1. The Labute approximate surface area is 174 Å². The zero-order valence-electron chi connectivity index (χ0n) is 15.8. The summed E-state index contributed by atoms with van der Waals surface area (Å²) in [6, 6.07) is 17.2. The fourth-order valence-corrected chi connectivity index (χ4v) is 4.20. The molecule has 1 fully saturated rings. The van der Waals surface area contributed by atoms with Crippen LogP contribution in [0, 0.1) is 5.41 Å². The van der Waals surface area contributed by atoms with Crippen molar-refractivity contribution < 1.29 is 14.3 Å². The van der Waals surface area contributed by atoms with E-state index >= 15 is 0 Å². The monoisotopic (exact) mass is 444 g/mol. The number of amides is 2. The standard InChI is InChI=1S/C22H25BrN2O3/c23-19-10-5-4-7-17(19)13-21(27)25-12-6-11-22(15-25,14-20(24)26)16-28-18-8-2-1-3-9-18/h1-5,7-10H,6,11-16H2,(H2,24,26)/t22-/m1/s1. The molecule has 0 saturated carbocycles. The number of primary amides is 1. The number of para-hydroxylation sites is 1. The summed E-state index contributed by atoms with van der Waals surface area (Å²) in [4.78, 5) is 26.5. The molecule has 2 aromatic carbocycles. The van der Waals surface area contributed by atoms with Crippen LogP contribution >= 0.6 is 15.9 Å². The van der Waals surface area contributed by atoms with E-state index < -0.39 is 5.41 Å². The van der Waals surface area contributed by atoms with E-state index in [9.17, 15) is 9.59 Å². The van der Waals surface area contributed by atoms with Crippen LogP contribution in [0.1, 0.15) is 24.8 Å². The van der Waals surface area contributed by atoms with Gasteiger partial charge in [0.2, 0.25) is 11.8 Å². The van der Waals surface area contributed by atoms with Gasteiger partial charge in [-0.1, -0.05) is 52.3 Å². The Hall–Kier alpha value is -2.34. The highest BCUT2D eigenvalue weighted by Gasteiger charge is 2.39. The van der Waals surface area contributed by atoms with Crippen molar-refractivity contribution in [3.05, 3.63) is 64.6 Å². The van der Waals surface area contributed by atoms with Crippen LogP contribution in [0.5, 0.6) is 5.75 Å². The lowest BCUT2D eigenvalue weighted by molar-refractivity contribution is -0.136. The minimum Gasteiger partial charge on any atom is -0.493 e. The van der Waals surface area contributed by atoms with Crippen LogP contribution in [-0.4, -0.2) is 36.4 Å². The Morgan fingerprint density at radius 1 is 1.11 bits per heavy atom. The van der Waals surface area contributed by atoms with Gasteiger partial charge < -0.3 is 15.4 Å². The molecule has 0 bridgehead atoms. The second kappa shape index (κ2) is 9.24. The number of carbonyl (C=O) groups is 2. The van der Waals surface area contributed by atoms with Crippen molar-refractivity contribution >= 4 is 27.7 Å². The Bertz CT molecular complexity index is 828. The van der Waals surface area contributed by atoms with Crippen LogP contribution in [0.4, 0.5) is 0 Å². The van der Waals surface area contributed by atoms with E-state index in [0.717, 1.165) is 28.6 Å². The van der Waals surface area contributed by atoms with Crippen molar-refractivity contribution in [2.24, 2.45) is 11.1 Å². The number of hydrogen-bond acceptors (Lipinski definition) is 3. The third-order valence-corrected chi connectivity index (χ3v) is 5.92. The summed E-state index contributed by atoms with van der Waals surface area (Å²) in [5.41, 5.74) is 6.04. The molecule has 28 heavy (non-hydrogen) atoms. The van der Waals surface area contributed by atoms with Gasteiger partial charge in [0.05, 0.1) is 13.0 Å². The van der Waals surface area contributed by atoms with Crippen LogP contribution in [-0.2, 0) is 16.0 Å². The van der Waals surface area contributed by atoms with E-state index in [-0.39, 0.29) is 18.2 Å². The lowest BCUT2D eigenvalue weighted by atomic mass is 9.77. The average Bonchev–Trinajstić information content (AvgIpc) is 2.69. The number of rotatable bonds is 7. The maximum Gasteiger partial charge on any atom is 0.227 e. The first-order valence-corrected chi connectivity index (χ1v) is 10.2. The molecule has 0 aromatic heterocycles. The molecule has 0 aliphatic carbocycles. The van der Waals surface area contributed by atoms with Crippen LogP contribution in [0.3, 0.4) is 0 Å². The number of hydrogen-bond donors (Lipinski definition) is 1. The molecule has 0 radical (unpaired) electrons.